The molecule has 2 rings (SSSR count). The van der Waals surface area contributed by atoms with Crippen LogP contribution in [0.4, 0.5) is 0 Å². The maximum atomic E-state index is 4.21. The van der Waals surface area contributed by atoms with Crippen molar-refractivity contribution in [2.45, 2.75) is 19.8 Å². The second-order valence-electron chi connectivity index (χ2n) is 4.13. The van der Waals surface area contributed by atoms with Gasteiger partial charge in [-0.05, 0) is 36.6 Å². The predicted octanol–water partition coefficient (Wildman–Crippen LogP) is -0.00180. The third-order valence-corrected chi connectivity index (χ3v) is 2.96. The molecule has 0 spiro atoms. The average Bonchev–Trinajstić information content (AvgIpc) is 2.56. The maximum absolute atomic E-state index is 4.21. The van der Waals surface area contributed by atoms with Crippen molar-refractivity contribution in [1.82, 2.24) is 25.5 Å². The summed E-state index contributed by atoms with van der Waals surface area (Å²) >= 11 is 0. The molecule has 5 heteroatoms. The molecule has 5 nitrogen and oxygen atoms in total. The molecule has 2 atom stereocenters. The van der Waals surface area contributed by atoms with Crippen LogP contribution in [0.5, 0.6) is 0 Å². The van der Waals surface area contributed by atoms with Gasteiger partial charge in [-0.15, -0.1) is 10.2 Å². The predicted molar refractivity (Wildman–Crippen MR) is 52.6 cm³/mol. The van der Waals surface area contributed by atoms with Crippen LogP contribution in [0.2, 0.25) is 0 Å². The van der Waals surface area contributed by atoms with E-state index in [1.165, 1.54) is 11.2 Å². The molecule has 2 heterocycles. The van der Waals surface area contributed by atoms with E-state index in [2.05, 4.69) is 27.7 Å². The zero-order valence-electron chi connectivity index (χ0n) is 8.77. The lowest BCUT2D eigenvalue weighted by Gasteiger charge is -2.28. The second kappa shape index (κ2) is 4.04. The first-order valence-electron chi connectivity index (χ1n) is 5.19. The summed E-state index contributed by atoms with van der Waals surface area (Å²) in [4.78, 5) is 1.53. The summed E-state index contributed by atoms with van der Waals surface area (Å²) in [5.41, 5.74) is 0. The van der Waals surface area contributed by atoms with E-state index in [0.717, 1.165) is 25.3 Å². The minimum atomic E-state index is 0.709. The Kier molecular flexibility index (Phi) is 2.77. The first-order chi connectivity index (χ1) is 6.75. The van der Waals surface area contributed by atoms with Crippen molar-refractivity contribution in [2.24, 2.45) is 18.9 Å². The van der Waals surface area contributed by atoms with Crippen molar-refractivity contribution in [2.75, 3.05) is 13.1 Å². The Balaban J connectivity index is 1.95. The van der Waals surface area contributed by atoms with Crippen LogP contribution in [-0.2, 0) is 13.5 Å². The molecule has 1 N–H and O–H groups in total. The molecule has 0 bridgehead atoms. The van der Waals surface area contributed by atoms with E-state index in [1.54, 1.807) is 0 Å². The van der Waals surface area contributed by atoms with Crippen molar-refractivity contribution in [3.8, 4) is 0 Å². The van der Waals surface area contributed by atoms with Gasteiger partial charge in [0, 0.05) is 6.42 Å². The second-order valence-corrected chi connectivity index (χ2v) is 4.13. The molecule has 1 aliphatic heterocycles. The minimum Gasteiger partial charge on any atom is -0.316 e. The number of hydrogen-bond acceptors (Lipinski definition) is 4. The van der Waals surface area contributed by atoms with E-state index in [1.807, 2.05) is 7.05 Å². The largest absolute Gasteiger partial charge is 0.316 e. The number of nitrogens with zero attached hydrogens (tertiary/aromatic N) is 4. The van der Waals surface area contributed by atoms with E-state index in [-0.39, 0.29) is 0 Å². The topological polar surface area (TPSA) is 55.6 Å². The lowest BCUT2D eigenvalue weighted by Crippen LogP contribution is -2.36. The van der Waals surface area contributed by atoms with Crippen molar-refractivity contribution in [1.29, 1.82) is 0 Å². The summed E-state index contributed by atoms with van der Waals surface area (Å²) in [6, 6.07) is 0. The molecule has 1 aromatic rings. The highest BCUT2D eigenvalue weighted by Crippen LogP contribution is 2.21. The Morgan fingerprint density at radius 1 is 1.57 bits per heavy atom. The van der Waals surface area contributed by atoms with Crippen LogP contribution in [0, 0.1) is 11.8 Å². The number of hydrogen-bond donors (Lipinski definition) is 1. The number of aryl methyl sites for hydroxylation is 1. The van der Waals surface area contributed by atoms with Gasteiger partial charge in [0.2, 0.25) is 0 Å². The lowest BCUT2D eigenvalue weighted by molar-refractivity contribution is 0.268. The van der Waals surface area contributed by atoms with E-state index in [9.17, 15) is 0 Å². The highest BCUT2D eigenvalue weighted by atomic mass is 15.6. The molecular formula is C9H17N5. The Labute approximate surface area is 83.9 Å². The molecule has 14 heavy (non-hydrogen) atoms. The fourth-order valence-electron chi connectivity index (χ4n) is 2.01. The van der Waals surface area contributed by atoms with Crippen LogP contribution >= 0.6 is 0 Å². The van der Waals surface area contributed by atoms with Gasteiger partial charge in [-0.3, -0.25) is 0 Å². The highest BCUT2D eigenvalue weighted by molar-refractivity contribution is 4.85. The first kappa shape index (κ1) is 9.58. The van der Waals surface area contributed by atoms with Crippen LogP contribution in [-0.4, -0.2) is 33.3 Å². The fourth-order valence-corrected chi connectivity index (χ4v) is 2.01. The third kappa shape index (κ3) is 2.09. The van der Waals surface area contributed by atoms with Crippen molar-refractivity contribution in [3.05, 3.63) is 5.82 Å². The summed E-state index contributed by atoms with van der Waals surface area (Å²) in [6.07, 6.45) is 2.19. The highest BCUT2D eigenvalue weighted by Gasteiger charge is 2.22. The van der Waals surface area contributed by atoms with Gasteiger partial charge < -0.3 is 5.32 Å². The van der Waals surface area contributed by atoms with Gasteiger partial charge >= 0.3 is 0 Å². The van der Waals surface area contributed by atoms with Gasteiger partial charge in [0.1, 0.15) is 0 Å². The summed E-state index contributed by atoms with van der Waals surface area (Å²) in [5.74, 6) is 2.30. The molecule has 78 valence electrons. The molecule has 1 aliphatic rings. The number of rotatable bonds is 2. The number of aromatic nitrogens is 4. The average molecular weight is 195 g/mol. The zero-order chi connectivity index (χ0) is 9.97. The van der Waals surface area contributed by atoms with Gasteiger partial charge in [-0.2, -0.15) is 4.80 Å². The van der Waals surface area contributed by atoms with Gasteiger partial charge in [-0.25, -0.2) is 0 Å². The molecule has 0 radical (unpaired) electrons. The van der Waals surface area contributed by atoms with Gasteiger partial charge in [-0.1, -0.05) is 6.92 Å². The monoisotopic (exact) mass is 195 g/mol. The number of nitrogens with one attached hydrogen (secondary N) is 1. The van der Waals surface area contributed by atoms with Crippen LogP contribution in [0.1, 0.15) is 19.2 Å². The lowest BCUT2D eigenvalue weighted by atomic mass is 9.85. The SMILES string of the molecule is CC1CNCCC1Cc1nnn(C)n1. The Morgan fingerprint density at radius 2 is 2.43 bits per heavy atom. The Morgan fingerprint density at radius 3 is 3.07 bits per heavy atom. The van der Waals surface area contributed by atoms with E-state index in [4.69, 9.17) is 0 Å². The van der Waals surface area contributed by atoms with Crippen molar-refractivity contribution in [3.63, 3.8) is 0 Å². The molecule has 1 saturated heterocycles. The summed E-state index contributed by atoms with van der Waals surface area (Å²) in [5, 5.41) is 15.5. The van der Waals surface area contributed by atoms with Crippen LogP contribution in [0.3, 0.4) is 0 Å². The quantitative estimate of drug-likeness (QED) is 0.721. The third-order valence-electron chi connectivity index (χ3n) is 2.96. The summed E-state index contributed by atoms with van der Waals surface area (Å²) in [7, 11) is 1.81. The molecule has 0 aliphatic carbocycles. The van der Waals surface area contributed by atoms with E-state index in [0.29, 0.717) is 11.8 Å². The molecule has 1 fully saturated rings. The maximum Gasteiger partial charge on any atom is 0.175 e. The van der Waals surface area contributed by atoms with E-state index >= 15 is 0 Å². The molecule has 0 aromatic carbocycles. The molecule has 0 amide bonds. The molecular weight excluding hydrogens is 178 g/mol. The van der Waals surface area contributed by atoms with Crippen molar-refractivity contribution < 1.29 is 0 Å². The fraction of sp³-hybridized carbons (Fsp3) is 0.889. The first-order valence-corrected chi connectivity index (χ1v) is 5.19. The summed E-state index contributed by atoms with van der Waals surface area (Å²) < 4.78 is 0. The summed E-state index contributed by atoms with van der Waals surface area (Å²) in [6.45, 7) is 4.52. The van der Waals surface area contributed by atoms with Gasteiger partial charge in [0.25, 0.3) is 0 Å². The Bertz CT molecular complexity index is 295. The molecule has 2 unspecified atom stereocenters. The van der Waals surface area contributed by atoms with Crippen LogP contribution in [0.25, 0.3) is 0 Å². The van der Waals surface area contributed by atoms with E-state index < -0.39 is 0 Å². The number of piperidine rings is 1. The zero-order valence-corrected chi connectivity index (χ0v) is 8.77. The van der Waals surface area contributed by atoms with Crippen LogP contribution < -0.4 is 5.32 Å². The van der Waals surface area contributed by atoms with Crippen LogP contribution in [0.15, 0.2) is 0 Å². The molecule has 0 saturated carbocycles. The normalized spacial score (nSPS) is 27.9. The van der Waals surface area contributed by atoms with Crippen molar-refractivity contribution >= 4 is 0 Å². The smallest absolute Gasteiger partial charge is 0.175 e. The van der Waals surface area contributed by atoms with Gasteiger partial charge in [0.15, 0.2) is 5.82 Å². The minimum absolute atomic E-state index is 0.709. The van der Waals surface area contributed by atoms with Gasteiger partial charge in [0.05, 0.1) is 7.05 Å². The number of tetrazole rings is 1. The standard InChI is InChI=1S/C9H17N5/c1-7-6-10-4-3-8(7)5-9-11-13-14(2)12-9/h7-8,10H,3-6H2,1-2H3. The molecule has 1 aromatic heterocycles. The Hall–Kier alpha value is -0.970.